The standard InChI is InChI=1S/C23H25F3N8O2/c1-11(10-35)8-28-20-17-18(22-29-15-4-5-27-9-16(15)30-22)33-34-21(17)32-19(31-20)14-3-2-13(36)6-12(14)7-23(24,25)26/h2-3,6,11,27,35-36H,4-5,7-10H2,1H3,(H,29,30)(H2,28,31,32,33,34). The second-order valence-corrected chi connectivity index (χ2v) is 8.93. The number of nitrogens with one attached hydrogen (secondary N) is 4. The van der Waals surface area contributed by atoms with E-state index in [-0.39, 0.29) is 40.9 Å². The Labute approximate surface area is 203 Å². The summed E-state index contributed by atoms with van der Waals surface area (Å²) in [6.45, 7) is 3.63. The number of aliphatic hydroxyl groups excluding tert-OH is 1. The van der Waals surface area contributed by atoms with Crippen LogP contribution in [0.25, 0.3) is 33.9 Å². The molecule has 0 spiro atoms. The topological polar surface area (TPSA) is 148 Å². The van der Waals surface area contributed by atoms with Crippen molar-refractivity contribution in [3.63, 3.8) is 0 Å². The van der Waals surface area contributed by atoms with Crippen molar-refractivity contribution in [1.82, 2.24) is 35.5 Å². The molecule has 6 N–H and O–H groups in total. The van der Waals surface area contributed by atoms with Gasteiger partial charge < -0.3 is 25.8 Å². The second-order valence-electron chi connectivity index (χ2n) is 8.93. The Bertz CT molecular complexity index is 1370. The number of anilines is 1. The van der Waals surface area contributed by atoms with Crippen LogP contribution in [0, 0.1) is 5.92 Å². The van der Waals surface area contributed by atoms with E-state index in [4.69, 9.17) is 4.98 Å². The first kappa shape index (κ1) is 24.0. The molecule has 190 valence electrons. The molecule has 4 heterocycles. The molecule has 0 amide bonds. The van der Waals surface area contributed by atoms with E-state index in [1.54, 1.807) is 0 Å². The molecule has 0 saturated carbocycles. The summed E-state index contributed by atoms with van der Waals surface area (Å²) >= 11 is 0. The van der Waals surface area contributed by atoms with Crippen LogP contribution in [0.4, 0.5) is 19.0 Å². The zero-order valence-corrected chi connectivity index (χ0v) is 19.4. The molecule has 0 bridgehead atoms. The number of phenolic OH excluding ortho intramolecular Hbond substituents is 1. The van der Waals surface area contributed by atoms with E-state index < -0.39 is 12.6 Å². The zero-order chi connectivity index (χ0) is 25.4. The number of imidazole rings is 1. The van der Waals surface area contributed by atoms with Crippen LogP contribution in [0.5, 0.6) is 5.75 Å². The lowest BCUT2D eigenvalue weighted by atomic mass is 10.0. The smallest absolute Gasteiger partial charge is 0.393 e. The number of nitrogens with zero attached hydrogens (tertiary/aromatic N) is 4. The van der Waals surface area contributed by atoms with Crippen molar-refractivity contribution in [1.29, 1.82) is 0 Å². The lowest BCUT2D eigenvalue weighted by Gasteiger charge is -2.15. The zero-order valence-electron chi connectivity index (χ0n) is 19.4. The fourth-order valence-corrected chi connectivity index (χ4v) is 4.18. The number of aliphatic hydroxyl groups is 1. The van der Waals surface area contributed by atoms with Crippen LogP contribution in [0.15, 0.2) is 18.2 Å². The Balaban J connectivity index is 1.64. The summed E-state index contributed by atoms with van der Waals surface area (Å²) in [6.07, 6.45) is -4.96. The van der Waals surface area contributed by atoms with Crippen LogP contribution in [0.3, 0.4) is 0 Å². The molecular weight excluding hydrogens is 477 g/mol. The number of benzene rings is 1. The number of aromatic hydroxyl groups is 1. The normalized spacial score (nSPS) is 14.7. The maximum Gasteiger partial charge on any atom is 0.393 e. The van der Waals surface area contributed by atoms with Gasteiger partial charge in [-0.15, -0.1) is 0 Å². The number of halogens is 3. The third-order valence-electron chi connectivity index (χ3n) is 6.01. The maximum absolute atomic E-state index is 13.2. The maximum atomic E-state index is 13.2. The summed E-state index contributed by atoms with van der Waals surface area (Å²) in [5.41, 5.74) is 2.70. The molecule has 0 aliphatic carbocycles. The van der Waals surface area contributed by atoms with Crippen LogP contribution < -0.4 is 10.6 Å². The molecule has 1 atom stereocenters. The van der Waals surface area contributed by atoms with Crippen molar-refractivity contribution in [2.75, 3.05) is 25.0 Å². The molecule has 0 fully saturated rings. The summed E-state index contributed by atoms with van der Waals surface area (Å²) < 4.78 is 39.7. The first-order valence-electron chi connectivity index (χ1n) is 11.5. The van der Waals surface area contributed by atoms with Crippen LogP contribution in [-0.2, 0) is 19.4 Å². The van der Waals surface area contributed by atoms with Crippen molar-refractivity contribution in [2.24, 2.45) is 5.92 Å². The van der Waals surface area contributed by atoms with E-state index in [1.165, 1.54) is 12.1 Å². The van der Waals surface area contributed by atoms with Gasteiger partial charge in [-0.3, -0.25) is 5.10 Å². The van der Waals surface area contributed by atoms with E-state index in [2.05, 4.69) is 35.8 Å². The molecule has 13 heteroatoms. The number of aromatic nitrogens is 6. The first-order valence-corrected chi connectivity index (χ1v) is 11.5. The summed E-state index contributed by atoms with van der Waals surface area (Å²) in [5, 5.41) is 33.5. The lowest BCUT2D eigenvalue weighted by molar-refractivity contribution is -0.127. The molecule has 4 aromatic rings. The number of H-pyrrole nitrogens is 2. The minimum absolute atomic E-state index is 0.0295. The Morgan fingerprint density at radius 2 is 2.03 bits per heavy atom. The van der Waals surface area contributed by atoms with Gasteiger partial charge in [-0.1, -0.05) is 6.92 Å². The fraction of sp³-hybridized carbons (Fsp3) is 0.391. The van der Waals surface area contributed by atoms with Crippen molar-refractivity contribution < 1.29 is 23.4 Å². The average Bonchev–Trinajstić information content (AvgIpc) is 3.45. The van der Waals surface area contributed by atoms with Gasteiger partial charge in [0.1, 0.15) is 17.3 Å². The van der Waals surface area contributed by atoms with Crippen molar-refractivity contribution in [3.8, 4) is 28.7 Å². The van der Waals surface area contributed by atoms with Gasteiger partial charge in [0.2, 0.25) is 0 Å². The minimum atomic E-state index is -4.49. The van der Waals surface area contributed by atoms with Gasteiger partial charge in [-0.2, -0.15) is 18.3 Å². The third-order valence-corrected chi connectivity index (χ3v) is 6.01. The minimum Gasteiger partial charge on any atom is -0.508 e. The summed E-state index contributed by atoms with van der Waals surface area (Å²) in [4.78, 5) is 17.0. The molecule has 1 aromatic carbocycles. The second kappa shape index (κ2) is 9.39. The largest absolute Gasteiger partial charge is 0.508 e. The van der Waals surface area contributed by atoms with Gasteiger partial charge in [-0.25, -0.2) is 15.0 Å². The molecule has 5 rings (SSSR count). The van der Waals surface area contributed by atoms with Gasteiger partial charge >= 0.3 is 6.18 Å². The van der Waals surface area contributed by atoms with Crippen LogP contribution in [-0.4, -0.2) is 66.2 Å². The van der Waals surface area contributed by atoms with E-state index in [1.807, 2.05) is 6.92 Å². The first-order chi connectivity index (χ1) is 17.2. The molecule has 1 unspecified atom stereocenters. The number of rotatable bonds is 7. The lowest BCUT2D eigenvalue weighted by Crippen LogP contribution is -2.23. The molecule has 0 saturated heterocycles. The quantitative estimate of drug-likeness (QED) is 0.226. The van der Waals surface area contributed by atoms with Crippen LogP contribution >= 0.6 is 0 Å². The highest BCUT2D eigenvalue weighted by atomic mass is 19.4. The molecule has 3 aromatic heterocycles. The number of hydrogen-bond donors (Lipinski definition) is 6. The predicted molar refractivity (Wildman–Crippen MR) is 126 cm³/mol. The van der Waals surface area contributed by atoms with Crippen molar-refractivity contribution >= 4 is 16.9 Å². The number of aromatic amines is 2. The summed E-state index contributed by atoms with van der Waals surface area (Å²) in [7, 11) is 0. The monoisotopic (exact) mass is 502 g/mol. The number of phenols is 1. The van der Waals surface area contributed by atoms with E-state index in [9.17, 15) is 23.4 Å². The van der Waals surface area contributed by atoms with Gasteiger partial charge in [0, 0.05) is 38.2 Å². The van der Waals surface area contributed by atoms with Crippen molar-refractivity contribution in [3.05, 3.63) is 35.2 Å². The van der Waals surface area contributed by atoms with E-state index >= 15 is 0 Å². The van der Waals surface area contributed by atoms with E-state index in [0.29, 0.717) is 35.8 Å². The molecule has 36 heavy (non-hydrogen) atoms. The Morgan fingerprint density at radius 3 is 2.78 bits per heavy atom. The van der Waals surface area contributed by atoms with Gasteiger partial charge in [-0.05, 0) is 29.7 Å². The van der Waals surface area contributed by atoms with Crippen molar-refractivity contribution in [2.45, 2.75) is 32.5 Å². The molecule has 10 nitrogen and oxygen atoms in total. The van der Waals surface area contributed by atoms with Gasteiger partial charge in [0.25, 0.3) is 0 Å². The Morgan fingerprint density at radius 1 is 1.19 bits per heavy atom. The summed E-state index contributed by atoms with van der Waals surface area (Å²) in [5.74, 6) is 0.542. The third kappa shape index (κ3) is 4.84. The molecule has 1 aliphatic heterocycles. The van der Waals surface area contributed by atoms with Gasteiger partial charge in [0.15, 0.2) is 17.3 Å². The van der Waals surface area contributed by atoms with Crippen LogP contribution in [0.1, 0.15) is 23.9 Å². The highest BCUT2D eigenvalue weighted by molar-refractivity contribution is 5.98. The Kier molecular flexibility index (Phi) is 6.26. The van der Waals surface area contributed by atoms with Crippen LogP contribution in [0.2, 0.25) is 0 Å². The molecule has 0 radical (unpaired) electrons. The Hall–Kier alpha value is -3.71. The average molecular weight is 503 g/mol. The highest BCUT2D eigenvalue weighted by Gasteiger charge is 2.30. The predicted octanol–water partition coefficient (Wildman–Crippen LogP) is 2.91. The van der Waals surface area contributed by atoms with Gasteiger partial charge in [0.05, 0.1) is 23.2 Å². The fourth-order valence-electron chi connectivity index (χ4n) is 4.18. The molecular formula is C23H25F3N8O2. The number of alkyl halides is 3. The highest BCUT2D eigenvalue weighted by Crippen LogP contribution is 2.35. The summed E-state index contributed by atoms with van der Waals surface area (Å²) in [6, 6.07) is 3.72. The number of hydrogen-bond acceptors (Lipinski definition) is 8. The van der Waals surface area contributed by atoms with E-state index in [0.717, 1.165) is 30.4 Å². The molecule has 1 aliphatic rings. The SMILES string of the molecule is CC(CO)CNc1nc(-c2ccc(O)cc2CC(F)(F)F)nc2n[nH]c(-c3nc4c([nH]3)CNCC4)c12. The number of fused-ring (bicyclic) bond motifs is 2.